The van der Waals surface area contributed by atoms with Gasteiger partial charge in [-0.05, 0) is 37.3 Å². The largest absolute Gasteiger partial charge is 0.325 e. The smallest absolute Gasteiger partial charge is 0.0166 e. The summed E-state index contributed by atoms with van der Waals surface area (Å²) in [5.74, 6) is 0. The second-order valence-corrected chi connectivity index (χ2v) is 5.96. The number of nitrogens with two attached hydrogens (primary N) is 1. The van der Waals surface area contributed by atoms with Crippen LogP contribution in [0, 0.1) is 0 Å². The highest BCUT2D eigenvalue weighted by Gasteiger charge is 2.41. The van der Waals surface area contributed by atoms with E-state index in [2.05, 4.69) is 24.3 Å². The molecule has 1 atom stereocenters. The SMILES string of the molecule is NC1(CC2Cc3ccccc3S2)CC1. The van der Waals surface area contributed by atoms with Crippen LogP contribution in [0.15, 0.2) is 29.2 Å². The fourth-order valence-corrected chi connectivity index (χ4v) is 3.68. The Morgan fingerprint density at radius 3 is 2.86 bits per heavy atom. The first kappa shape index (κ1) is 8.81. The molecule has 2 heteroatoms. The first-order valence-corrected chi connectivity index (χ1v) is 6.17. The quantitative estimate of drug-likeness (QED) is 0.803. The van der Waals surface area contributed by atoms with Gasteiger partial charge in [0.05, 0.1) is 0 Å². The average molecular weight is 205 g/mol. The predicted octanol–water partition coefficient (Wildman–Crippen LogP) is 2.58. The number of hydrogen-bond acceptors (Lipinski definition) is 2. The first-order chi connectivity index (χ1) is 6.75. The molecule has 0 spiro atoms. The molecule has 0 bridgehead atoms. The normalized spacial score (nSPS) is 27.4. The van der Waals surface area contributed by atoms with Gasteiger partial charge < -0.3 is 5.73 Å². The van der Waals surface area contributed by atoms with Crippen molar-refractivity contribution in [2.75, 3.05) is 0 Å². The molecule has 3 rings (SSSR count). The lowest BCUT2D eigenvalue weighted by molar-refractivity contribution is 0.591. The summed E-state index contributed by atoms with van der Waals surface area (Å²) in [6.45, 7) is 0. The van der Waals surface area contributed by atoms with E-state index in [1.807, 2.05) is 11.8 Å². The number of thioether (sulfide) groups is 1. The minimum atomic E-state index is 0.208. The van der Waals surface area contributed by atoms with Crippen LogP contribution >= 0.6 is 11.8 Å². The Kier molecular flexibility index (Phi) is 1.89. The van der Waals surface area contributed by atoms with E-state index >= 15 is 0 Å². The summed E-state index contributed by atoms with van der Waals surface area (Å²) in [5, 5.41) is 0.736. The third kappa shape index (κ3) is 1.57. The molecule has 2 N–H and O–H groups in total. The highest BCUT2D eigenvalue weighted by Crippen LogP contribution is 2.45. The standard InChI is InChI=1S/C12H15NS/c13-12(5-6-12)8-10-7-9-3-1-2-4-11(9)14-10/h1-4,10H,5-8,13H2. The number of rotatable bonds is 2. The Balaban J connectivity index is 1.72. The summed E-state index contributed by atoms with van der Waals surface area (Å²) < 4.78 is 0. The summed E-state index contributed by atoms with van der Waals surface area (Å²) in [4.78, 5) is 1.47. The van der Waals surface area contributed by atoms with Gasteiger partial charge in [-0.3, -0.25) is 0 Å². The Morgan fingerprint density at radius 2 is 2.14 bits per heavy atom. The zero-order valence-corrected chi connectivity index (χ0v) is 9.02. The molecule has 1 aromatic carbocycles. The molecule has 1 heterocycles. The molecule has 1 fully saturated rings. The third-order valence-electron chi connectivity index (χ3n) is 3.24. The lowest BCUT2D eigenvalue weighted by atomic mass is 10.0. The summed E-state index contributed by atoms with van der Waals surface area (Å²) in [5.41, 5.74) is 7.88. The van der Waals surface area contributed by atoms with Gasteiger partial charge in [0, 0.05) is 15.7 Å². The summed E-state index contributed by atoms with van der Waals surface area (Å²) in [6.07, 6.45) is 4.90. The molecule has 1 nitrogen and oxygen atoms in total. The molecule has 1 aromatic rings. The second-order valence-electron chi connectivity index (χ2n) is 4.62. The van der Waals surface area contributed by atoms with Crippen molar-refractivity contribution < 1.29 is 0 Å². The van der Waals surface area contributed by atoms with Gasteiger partial charge in [-0.1, -0.05) is 18.2 Å². The highest BCUT2D eigenvalue weighted by atomic mass is 32.2. The zero-order valence-electron chi connectivity index (χ0n) is 8.20. The molecule has 0 aromatic heterocycles. The van der Waals surface area contributed by atoms with Crippen LogP contribution in [-0.4, -0.2) is 10.8 Å². The highest BCUT2D eigenvalue weighted by molar-refractivity contribution is 8.00. The molecule has 0 amide bonds. The van der Waals surface area contributed by atoms with Gasteiger partial charge in [-0.15, -0.1) is 11.8 Å². The summed E-state index contributed by atoms with van der Waals surface area (Å²) >= 11 is 2.02. The Bertz CT molecular complexity index is 332. The van der Waals surface area contributed by atoms with Gasteiger partial charge in [-0.25, -0.2) is 0 Å². The Labute approximate surface area is 89.1 Å². The Hall–Kier alpha value is -0.470. The van der Waals surface area contributed by atoms with E-state index in [1.165, 1.54) is 36.1 Å². The molecular formula is C12H15NS. The van der Waals surface area contributed by atoms with Gasteiger partial charge in [0.15, 0.2) is 0 Å². The van der Waals surface area contributed by atoms with E-state index in [0.29, 0.717) is 0 Å². The zero-order chi connectivity index (χ0) is 9.60. The maximum atomic E-state index is 6.15. The fourth-order valence-electron chi connectivity index (χ4n) is 2.19. The van der Waals surface area contributed by atoms with Crippen LogP contribution in [0.1, 0.15) is 24.8 Å². The van der Waals surface area contributed by atoms with E-state index in [-0.39, 0.29) is 5.54 Å². The monoisotopic (exact) mass is 205 g/mol. The van der Waals surface area contributed by atoms with Crippen molar-refractivity contribution >= 4 is 11.8 Å². The average Bonchev–Trinajstić information content (AvgIpc) is 2.77. The molecule has 1 unspecified atom stereocenters. The van der Waals surface area contributed by atoms with Crippen LogP contribution in [0.5, 0.6) is 0 Å². The van der Waals surface area contributed by atoms with E-state index in [0.717, 1.165) is 5.25 Å². The molecule has 2 aliphatic rings. The molecule has 1 aliphatic carbocycles. The summed E-state index contributed by atoms with van der Waals surface area (Å²) in [6, 6.07) is 8.75. The molecule has 1 saturated carbocycles. The minimum Gasteiger partial charge on any atom is -0.325 e. The van der Waals surface area contributed by atoms with Gasteiger partial charge in [0.2, 0.25) is 0 Å². The molecule has 0 radical (unpaired) electrons. The Morgan fingerprint density at radius 1 is 1.36 bits per heavy atom. The van der Waals surface area contributed by atoms with Crippen molar-refractivity contribution in [3.05, 3.63) is 29.8 Å². The fraction of sp³-hybridized carbons (Fsp3) is 0.500. The maximum Gasteiger partial charge on any atom is 0.0166 e. The third-order valence-corrected chi connectivity index (χ3v) is 4.56. The molecule has 74 valence electrons. The predicted molar refractivity (Wildman–Crippen MR) is 60.6 cm³/mol. The van der Waals surface area contributed by atoms with Crippen LogP contribution < -0.4 is 5.73 Å². The van der Waals surface area contributed by atoms with Gasteiger partial charge in [0.1, 0.15) is 0 Å². The molecular weight excluding hydrogens is 190 g/mol. The number of fused-ring (bicyclic) bond motifs is 1. The van der Waals surface area contributed by atoms with E-state index in [1.54, 1.807) is 0 Å². The molecule has 1 aliphatic heterocycles. The first-order valence-electron chi connectivity index (χ1n) is 5.29. The number of hydrogen-bond donors (Lipinski definition) is 1. The minimum absolute atomic E-state index is 0.208. The van der Waals surface area contributed by atoms with Crippen molar-refractivity contribution in [2.24, 2.45) is 5.73 Å². The van der Waals surface area contributed by atoms with Crippen LogP contribution in [0.2, 0.25) is 0 Å². The van der Waals surface area contributed by atoms with Crippen LogP contribution in [-0.2, 0) is 6.42 Å². The van der Waals surface area contributed by atoms with Crippen molar-refractivity contribution in [1.29, 1.82) is 0 Å². The van der Waals surface area contributed by atoms with Gasteiger partial charge >= 0.3 is 0 Å². The van der Waals surface area contributed by atoms with E-state index in [9.17, 15) is 0 Å². The van der Waals surface area contributed by atoms with Gasteiger partial charge in [-0.2, -0.15) is 0 Å². The van der Waals surface area contributed by atoms with E-state index in [4.69, 9.17) is 5.73 Å². The van der Waals surface area contributed by atoms with Crippen LogP contribution in [0.3, 0.4) is 0 Å². The van der Waals surface area contributed by atoms with Crippen molar-refractivity contribution in [3.63, 3.8) is 0 Å². The van der Waals surface area contributed by atoms with Crippen molar-refractivity contribution in [2.45, 2.75) is 41.4 Å². The lowest BCUT2D eigenvalue weighted by Crippen LogP contribution is -2.26. The van der Waals surface area contributed by atoms with E-state index < -0.39 is 0 Å². The maximum absolute atomic E-state index is 6.15. The summed E-state index contributed by atoms with van der Waals surface area (Å²) in [7, 11) is 0. The van der Waals surface area contributed by atoms with Gasteiger partial charge in [0.25, 0.3) is 0 Å². The van der Waals surface area contributed by atoms with Crippen LogP contribution in [0.25, 0.3) is 0 Å². The lowest BCUT2D eigenvalue weighted by Gasteiger charge is -2.13. The second kappa shape index (κ2) is 3.01. The topological polar surface area (TPSA) is 26.0 Å². The molecule has 14 heavy (non-hydrogen) atoms. The number of benzene rings is 1. The molecule has 0 saturated heterocycles. The van der Waals surface area contributed by atoms with Crippen molar-refractivity contribution in [3.8, 4) is 0 Å². The van der Waals surface area contributed by atoms with Crippen molar-refractivity contribution in [1.82, 2.24) is 0 Å². The van der Waals surface area contributed by atoms with Crippen LogP contribution in [0.4, 0.5) is 0 Å².